The van der Waals surface area contributed by atoms with Gasteiger partial charge in [0.15, 0.2) is 5.96 Å². The Hall–Kier alpha value is -2.61. The van der Waals surface area contributed by atoms with Crippen LogP contribution in [-0.4, -0.2) is 41.6 Å². The van der Waals surface area contributed by atoms with Crippen LogP contribution < -0.4 is 22.5 Å². The zero-order chi connectivity index (χ0) is 17.2. The summed E-state index contributed by atoms with van der Waals surface area (Å²) >= 11 is 0. The summed E-state index contributed by atoms with van der Waals surface area (Å²) in [5, 5.41) is 11.6. The van der Waals surface area contributed by atoms with Crippen molar-refractivity contribution in [1.29, 1.82) is 0 Å². The average molecular weight is 321 g/mol. The van der Waals surface area contributed by atoms with Gasteiger partial charge in [-0.2, -0.15) is 0 Å². The highest BCUT2D eigenvalue weighted by Gasteiger charge is 2.22. The van der Waals surface area contributed by atoms with Gasteiger partial charge in [-0.05, 0) is 24.8 Å². The van der Waals surface area contributed by atoms with Crippen molar-refractivity contribution >= 4 is 17.8 Å². The molecule has 126 valence electrons. The van der Waals surface area contributed by atoms with E-state index in [9.17, 15) is 9.59 Å². The number of carboxylic acids is 1. The summed E-state index contributed by atoms with van der Waals surface area (Å²) < 4.78 is 0. The van der Waals surface area contributed by atoms with Crippen molar-refractivity contribution in [3.63, 3.8) is 0 Å². The summed E-state index contributed by atoms with van der Waals surface area (Å²) in [4.78, 5) is 27.0. The fraction of sp³-hybridized carbons (Fsp3) is 0.400. The van der Waals surface area contributed by atoms with Crippen molar-refractivity contribution in [2.24, 2.45) is 22.2 Å². The number of aliphatic carboxylic acids is 1. The number of nitrogens with two attached hydrogens (primary N) is 3. The van der Waals surface area contributed by atoms with Gasteiger partial charge in [-0.25, -0.2) is 4.79 Å². The monoisotopic (exact) mass is 321 g/mol. The predicted octanol–water partition coefficient (Wildman–Crippen LogP) is -0.821. The van der Waals surface area contributed by atoms with Crippen LogP contribution >= 0.6 is 0 Å². The number of hydrogen-bond acceptors (Lipinski definition) is 4. The van der Waals surface area contributed by atoms with Crippen molar-refractivity contribution in [3.05, 3.63) is 35.9 Å². The van der Waals surface area contributed by atoms with Crippen LogP contribution in [-0.2, 0) is 16.0 Å². The third-order valence-electron chi connectivity index (χ3n) is 3.20. The highest BCUT2D eigenvalue weighted by Crippen LogP contribution is 2.04. The number of nitrogens with one attached hydrogen (secondary N) is 1. The average Bonchev–Trinajstić information content (AvgIpc) is 2.50. The lowest BCUT2D eigenvalue weighted by molar-refractivity contribution is -0.142. The van der Waals surface area contributed by atoms with Crippen LogP contribution in [0.3, 0.4) is 0 Å². The molecule has 0 aliphatic heterocycles. The standard InChI is InChI=1S/C15H23N5O3/c16-11(9-10-5-2-1-3-6-10)13(21)20-12(14(22)23)7-4-8-19-15(17)18/h1-3,5-6,11-12H,4,7-9,16H2,(H,20,21)(H,22,23)(H4,17,18,19)/t11-,12+/m1/s1. The molecule has 0 bridgehead atoms. The van der Waals surface area contributed by atoms with Gasteiger partial charge >= 0.3 is 5.97 Å². The smallest absolute Gasteiger partial charge is 0.326 e. The molecule has 1 aromatic rings. The van der Waals surface area contributed by atoms with Crippen LogP contribution in [0, 0.1) is 0 Å². The quantitative estimate of drug-likeness (QED) is 0.227. The van der Waals surface area contributed by atoms with Gasteiger partial charge in [0, 0.05) is 6.54 Å². The summed E-state index contributed by atoms with van der Waals surface area (Å²) in [6.45, 7) is 0.304. The first-order chi connectivity index (χ1) is 10.9. The van der Waals surface area contributed by atoms with Gasteiger partial charge in [0.25, 0.3) is 0 Å². The first-order valence-corrected chi connectivity index (χ1v) is 7.28. The molecule has 0 spiro atoms. The van der Waals surface area contributed by atoms with Crippen molar-refractivity contribution in [2.75, 3.05) is 6.54 Å². The molecule has 1 rings (SSSR count). The van der Waals surface area contributed by atoms with E-state index in [1.807, 2.05) is 30.3 Å². The first kappa shape index (κ1) is 18.4. The Kier molecular flexibility index (Phi) is 7.55. The zero-order valence-electron chi connectivity index (χ0n) is 12.8. The normalized spacial score (nSPS) is 12.9. The number of carboxylic acid groups (broad SMARTS) is 1. The van der Waals surface area contributed by atoms with E-state index in [0.29, 0.717) is 19.4 Å². The lowest BCUT2D eigenvalue weighted by Crippen LogP contribution is -2.49. The topological polar surface area (TPSA) is 157 Å². The van der Waals surface area contributed by atoms with Crippen molar-refractivity contribution < 1.29 is 14.7 Å². The molecule has 1 aromatic carbocycles. The number of nitrogens with zero attached hydrogens (tertiary/aromatic N) is 1. The van der Waals surface area contributed by atoms with Crippen molar-refractivity contribution in [1.82, 2.24) is 5.32 Å². The molecule has 0 heterocycles. The van der Waals surface area contributed by atoms with Crippen molar-refractivity contribution in [3.8, 4) is 0 Å². The van der Waals surface area contributed by atoms with Gasteiger partial charge in [0.1, 0.15) is 6.04 Å². The molecule has 23 heavy (non-hydrogen) atoms. The zero-order valence-corrected chi connectivity index (χ0v) is 12.8. The SMILES string of the molecule is NC(N)=NCCC[C@H](NC(=O)[C@H](N)Cc1ccccc1)C(=O)O. The molecule has 0 saturated carbocycles. The number of aliphatic imine (C=N–C) groups is 1. The summed E-state index contributed by atoms with van der Waals surface area (Å²) in [7, 11) is 0. The largest absolute Gasteiger partial charge is 0.480 e. The van der Waals surface area contributed by atoms with Gasteiger partial charge in [-0.1, -0.05) is 30.3 Å². The number of amides is 1. The molecule has 0 aromatic heterocycles. The Bertz CT molecular complexity index is 543. The van der Waals surface area contributed by atoms with Gasteiger partial charge in [0.2, 0.25) is 5.91 Å². The maximum Gasteiger partial charge on any atom is 0.326 e. The van der Waals surface area contributed by atoms with E-state index in [0.717, 1.165) is 5.56 Å². The lowest BCUT2D eigenvalue weighted by atomic mass is 10.1. The highest BCUT2D eigenvalue weighted by molar-refractivity contribution is 5.86. The Balaban J connectivity index is 2.49. The van der Waals surface area contributed by atoms with Crippen LogP contribution in [0.1, 0.15) is 18.4 Å². The van der Waals surface area contributed by atoms with E-state index < -0.39 is 24.0 Å². The molecule has 0 unspecified atom stereocenters. The molecule has 8 nitrogen and oxygen atoms in total. The number of guanidine groups is 1. The molecule has 8 heteroatoms. The van der Waals surface area contributed by atoms with Gasteiger partial charge < -0.3 is 27.6 Å². The third kappa shape index (κ3) is 7.28. The molecule has 2 atom stereocenters. The van der Waals surface area contributed by atoms with Gasteiger partial charge in [-0.15, -0.1) is 0 Å². The number of rotatable bonds is 9. The second-order valence-electron chi connectivity index (χ2n) is 5.14. The predicted molar refractivity (Wildman–Crippen MR) is 87.6 cm³/mol. The van der Waals surface area contributed by atoms with Gasteiger partial charge in [0.05, 0.1) is 6.04 Å². The van der Waals surface area contributed by atoms with E-state index in [1.54, 1.807) is 0 Å². The van der Waals surface area contributed by atoms with Crippen LogP contribution in [0.4, 0.5) is 0 Å². The van der Waals surface area contributed by atoms with E-state index in [1.165, 1.54) is 0 Å². The maximum atomic E-state index is 12.0. The molecule has 0 aliphatic rings. The van der Waals surface area contributed by atoms with E-state index in [-0.39, 0.29) is 12.4 Å². The number of carbonyl (C=O) groups is 2. The summed E-state index contributed by atoms with van der Waals surface area (Å²) in [6.07, 6.45) is 0.992. The third-order valence-corrected chi connectivity index (χ3v) is 3.20. The van der Waals surface area contributed by atoms with Gasteiger partial charge in [-0.3, -0.25) is 9.79 Å². The summed E-state index contributed by atoms with van der Waals surface area (Å²) in [5.41, 5.74) is 17.1. The van der Waals surface area contributed by atoms with Crippen LogP contribution in [0.15, 0.2) is 35.3 Å². The maximum absolute atomic E-state index is 12.0. The molecular formula is C15H23N5O3. The van der Waals surface area contributed by atoms with Crippen LogP contribution in [0.25, 0.3) is 0 Å². The number of carbonyl (C=O) groups excluding carboxylic acids is 1. The van der Waals surface area contributed by atoms with E-state index in [2.05, 4.69) is 10.3 Å². The minimum absolute atomic E-state index is 0.0502. The summed E-state index contributed by atoms with van der Waals surface area (Å²) in [5.74, 6) is -1.66. The molecule has 1 amide bonds. The van der Waals surface area contributed by atoms with Crippen molar-refractivity contribution in [2.45, 2.75) is 31.3 Å². The number of hydrogen-bond donors (Lipinski definition) is 5. The Morgan fingerprint density at radius 1 is 1.22 bits per heavy atom. The van der Waals surface area contributed by atoms with E-state index in [4.69, 9.17) is 22.3 Å². The van der Waals surface area contributed by atoms with Crippen LogP contribution in [0.5, 0.6) is 0 Å². The second kappa shape index (κ2) is 9.42. The first-order valence-electron chi connectivity index (χ1n) is 7.28. The van der Waals surface area contributed by atoms with Crippen LogP contribution in [0.2, 0.25) is 0 Å². The Morgan fingerprint density at radius 3 is 2.43 bits per heavy atom. The lowest BCUT2D eigenvalue weighted by Gasteiger charge is -2.17. The fourth-order valence-corrected chi connectivity index (χ4v) is 2.00. The minimum atomic E-state index is -1.12. The molecule has 0 aliphatic carbocycles. The molecular weight excluding hydrogens is 298 g/mol. The molecule has 0 fully saturated rings. The molecule has 0 saturated heterocycles. The van der Waals surface area contributed by atoms with E-state index >= 15 is 0 Å². The summed E-state index contributed by atoms with van der Waals surface area (Å²) in [6, 6.07) is 7.46. The number of benzene rings is 1. The second-order valence-corrected chi connectivity index (χ2v) is 5.14. The highest BCUT2D eigenvalue weighted by atomic mass is 16.4. The fourth-order valence-electron chi connectivity index (χ4n) is 2.00. The molecule has 8 N–H and O–H groups in total. The minimum Gasteiger partial charge on any atom is -0.480 e. The molecule has 0 radical (unpaired) electrons. The Morgan fingerprint density at radius 2 is 1.87 bits per heavy atom. The Labute approximate surface area is 134 Å².